The molecule has 0 saturated heterocycles. The molecule has 2 rings (SSSR count). The number of hydrogen-bond donors (Lipinski definition) is 1. The first kappa shape index (κ1) is 16.3. The van der Waals surface area contributed by atoms with Crippen LogP contribution in [0.5, 0.6) is 0 Å². The molecular formula is C16H19NO4S. The number of carbonyl (C=O) groups excluding carboxylic acids is 1. The molecule has 0 aromatic heterocycles. The molecule has 1 aliphatic carbocycles. The van der Waals surface area contributed by atoms with Gasteiger partial charge in [-0.1, -0.05) is 24.3 Å². The summed E-state index contributed by atoms with van der Waals surface area (Å²) in [5, 5.41) is -0.559. The molecule has 0 fully saturated rings. The largest absolute Gasteiger partial charge is 0.462 e. The number of ether oxygens (including phenoxy) is 1. The minimum Gasteiger partial charge on any atom is -0.462 e. The Bertz CT molecular complexity index is 745. The van der Waals surface area contributed by atoms with Gasteiger partial charge in [0.2, 0.25) is 10.0 Å². The van der Waals surface area contributed by atoms with E-state index in [0.29, 0.717) is 11.1 Å². The van der Waals surface area contributed by atoms with Gasteiger partial charge in [-0.2, -0.15) is 0 Å². The highest BCUT2D eigenvalue weighted by atomic mass is 32.2. The maximum absolute atomic E-state index is 12.1. The number of fused-ring (bicyclic) bond motifs is 1. The second kappa shape index (κ2) is 6.36. The summed E-state index contributed by atoms with van der Waals surface area (Å²) in [6.07, 6.45) is 3.08. The summed E-state index contributed by atoms with van der Waals surface area (Å²) in [5.74, 6) is -0.464. The lowest BCUT2D eigenvalue weighted by Crippen LogP contribution is -2.27. The first-order valence-corrected chi connectivity index (χ1v) is 8.61. The fourth-order valence-corrected chi connectivity index (χ4v) is 2.61. The van der Waals surface area contributed by atoms with Gasteiger partial charge in [-0.15, -0.1) is 0 Å². The first-order chi connectivity index (χ1) is 10.4. The molecule has 0 saturated carbocycles. The number of esters is 1. The van der Waals surface area contributed by atoms with Gasteiger partial charge in [-0.3, -0.25) is 4.72 Å². The molecule has 6 heteroatoms. The Morgan fingerprint density at radius 2 is 2.00 bits per heavy atom. The molecule has 1 aliphatic rings. The lowest BCUT2D eigenvalue weighted by Gasteiger charge is -2.10. The van der Waals surface area contributed by atoms with Crippen molar-refractivity contribution in [3.63, 3.8) is 0 Å². The van der Waals surface area contributed by atoms with Crippen molar-refractivity contribution in [3.05, 3.63) is 47.2 Å². The van der Waals surface area contributed by atoms with Gasteiger partial charge in [-0.05, 0) is 38.0 Å². The molecule has 22 heavy (non-hydrogen) atoms. The van der Waals surface area contributed by atoms with Crippen molar-refractivity contribution in [1.82, 2.24) is 4.72 Å². The second-order valence-corrected chi connectivity index (χ2v) is 7.40. The van der Waals surface area contributed by atoms with Crippen LogP contribution < -0.4 is 4.72 Å². The van der Waals surface area contributed by atoms with Crippen molar-refractivity contribution in [3.8, 4) is 0 Å². The molecule has 0 bridgehead atoms. The van der Waals surface area contributed by atoms with Crippen molar-refractivity contribution < 1.29 is 17.9 Å². The van der Waals surface area contributed by atoms with Crippen LogP contribution in [-0.2, 0) is 19.6 Å². The van der Waals surface area contributed by atoms with Crippen molar-refractivity contribution in [2.24, 2.45) is 0 Å². The van der Waals surface area contributed by atoms with E-state index >= 15 is 0 Å². The predicted molar refractivity (Wildman–Crippen MR) is 86.2 cm³/mol. The Kier molecular flexibility index (Phi) is 4.71. The van der Waals surface area contributed by atoms with Crippen LogP contribution in [0.25, 0.3) is 11.6 Å². The minimum absolute atomic E-state index is 0.261. The number of rotatable bonds is 5. The van der Waals surface area contributed by atoms with Crippen LogP contribution in [0.15, 0.2) is 36.0 Å². The smallest absolute Gasteiger partial charge is 0.338 e. The second-order valence-electron chi connectivity index (χ2n) is 5.14. The molecule has 1 N–H and O–H groups in total. The van der Waals surface area contributed by atoms with Gasteiger partial charge in [-0.25, -0.2) is 13.2 Å². The molecule has 1 aromatic carbocycles. The van der Waals surface area contributed by atoms with E-state index in [1.165, 1.54) is 6.20 Å². The van der Waals surface area contributed by atoms with Crippen molar-refractivity contribution in [2.75, 3.05) is 6.61 Å². The molecule has 0 heterocycles. The van der Waals surface area contributed by atoms with E-state index in [9.17, 15) is 13.2 Å². The van der Waals surface area contributed by atoms with E-state index in [4.69, 9.17) is 4.74 Å². The van der Waals surface area contributed by atoms with E-state index in [2.05, 4.69) is 4.72 Å². The highest BCUT2D eigenvalue weighted by molar-refractivity contribution is 7.90. The van der Waals surface area contributed by atoms with Crippen LogP contribution in [0.4, 0.5) is 0 Å². The third-order valence-electron chi connectivity index (χ3n) is 3.32. The van der Waals surface area contributed by atoms with Crippen molar-refractivity contribution in [2.45, 2.75) is 26.0 Å². The lowest BCUT2D eigenvalue weighted by molar-refractivity contribution is -0.137. The molecule has 118 valence electrons. The molecule has 0 atom stereocenters. The summed E-state index contributed by atoms with van der Waals surface area (Å²) in [6.45, 7) is 5.17. The SMILES string of the molecule is CCOC(=O)C1=Cc2ccccc2/C1=C/NS(=O)(=O)C(C)C. The fourth-order valence-electron chi connectivity index (χ4n) is 2.06. The number of benzene rings is 1. The topological polar surface area (TPSA) is 72.5 Å². The predicted octanol–water partition coefficient (Wildman–Crippen LogP) is 2.32. The maximum atomic E-state index is 12.1. The third-order valence-corrected chi connectivity index (χ3v) is 5.01. The zero-order valence-corrected chi connectivity index (χ0v) is 13.6. The lowest BCUT2D eigenvalue weighted by atomic mass is 10.0. The van der Waals surface area contributed by atoms with Gasteiger partial charge >= 0.3 is 5.97 Å². The van der Waals surface area contributed by atoms with Crippen LogP contribution in [0, 0.1) is 0 Å². The highest BCUT2D eigenvalue weighted by Gasteiger charge is 2.25. The van der Waals surface area contributed by atoms with Crippen LogP contribution in [0.3, 0.4) is 0 Å². The third kappa shape index (κ3) is 3.22. The summed E-state index contributed by atoms with van der Waals surface area (Å²) in [6, 6.07) is 7.41. The molecular weight excluding hydrogens is 302 g/mol. The molecule has 5 nitrogen and oxygen atoms in total. The van der Waals surface area contributed by atoms with Gasteiger partial charge < -0.3 is 4.74 Å². The van der Waals surface area contributed by atoms with Crippen molar-refractivity contribution >= 4 is 27.6 Å². The molecule has 1 aromatic rings. The van der Waals surface area contributed by atoms with Gasteiger partial charge in [0, 0.05) is 11.8 Å². The number of nitrogens with one attached hydrogen (secondary N) is 1. The normalized spacial score (nSPS) is 15.6. The van der Waals surface area contributed by atoms with Gasteiger partial charge in [0.15, 0.2) is 0 Å². The Labute approximate surface area is 130 Å². The average molecular weight is 321 g/mol. The monoisotopic (exact) mass is 321 g/mol. The van der Waals surface area contributed by atoms with E-state index in [-0.39, 0.29) is 6.61 Å². The molecule has 0 radical (unpaired) electrons. The minimum atomic E-state index is -3.46. The van der Waals surface area contributed by atoms with E-state index in [1.54, 1.807) is 26.8 Å². The van der Waals surface area contributed by atoms with Crippen LogP contribution >= 0.6 is 0 Å². The number of sulfonamides is 1. The van der Waals surface area contributed by atoms with Gasteiger partial charge in [0.1, 0.15) is 0 Å². The average Bonchev–Trinajstić information content (AvgIpc) is 2.84. The van der Waals surface area contributed by atoms with Gasteiger partial charge in [0.25, 0.3) is 0 Å². The Hall–Kier alpha value is -2.08. The first-order valence-electron chi connectivity index (χ1n) is 7.06. The van der Waals surface area contributed by atoms with Crippen LogP contribution in [0.2, 0.25) is 0 Å². The van der Waals surface area contributed by atoms with E-state index in [0.717, 1.165) is 11.1 Å². The fraction of sp³-hybridized carbons (Fsp3) is 0.312. The zero-order valence-electron chi connectivity index (χ0n) is 12.8. The molecule has 0 unspecified atom stereocenters. The van der Waals surface area contributed by atoms with E-state index in [1.807, 2.05) is 24.3 Å². The summed E-state index contributed by atoms with van der Waals surface area (Å²) in [4.78, 5) is 12.1. The van der Waals surface area contributed by atoms with Crippen LogP contribution in [-0.4, -0.2) is 26.2 Å². The van der Waals surface area contributed by atoms with Crippen molar-refractivity contribution in [1.29, 1.82) is 0 Å². The van der Waals surface area contributed by atoms with Gasteiger partial charge in [0.05, 0.1) is 17.4 Å². The molecule has 0 spiro atoms. The summed E-state index contributed by atoms with van der Waals surface area (Å²) < 4.78 is 31.3. The summed E-state index contributed by atoms with van der Waals surface area (Å²) >= 11 is 0. The highest BCUT2D eigenvalue weighted by Crippen LogP contribution is 2.35. The molecule has 0 aliphatic heterocycles. The Morgan fingerprint density at radius 1 is 1.32 bits per heavy atom. The number of hydrogen-bond acceptors (Lipinski definition) is 4. The zero-order chi connectivity index (χ0) is 16.3. The number of carbonyl (C=O) groups is 1. The van der Waals surface area contributed by atoms with Crippen LogP contribution in [0.1, 0.15) is 31.9 Å². The maximum Gasteiger partial charge on any atom is 0.338 e. The Morgan fingerprint density at radius 3 is 2.64 bits per heavy atom. The Balaban J connectivity index is 2.41. The quantitative estimate of drug-likeness (QED) is 0.845. The standard InChI is InChI=1S/C16H19NO4S/c1-4-21-16(18)14-9-12-7-5-6-8-13(12)15(14)10-17-22(19,20)11(2)3/h5-11,17H,4H2,1-3H3/b15-10-. The van der Waals surface area contributed by atoms with E-state index < -0.39 is 21.2 Å². The summed E-state index contributed by atoms with van der Waals surface area (Å²) in [7, 11) is -3.46. The molecule has 0 amide bonds. The summed E-state index contributed by atoms with van der Waals surface area (Å²) in [5.41, 5.74) is 2.55.